The fraction of sp³-hybridized carbons (Fsp3) is 0.143. The molecule has 0 saturated carbocycles. The summed E-state index contributed by atoms with van der Waals surface area (Å²) in [7, 11) is 0. The molecule has 0 saturated heterocycles. The molecule has 9 aliphatic rings. The highest BCUT2D eigenvalue weighted by Crippen LogP contribution is 2.69. The zero-order valence-corrected chi connectivity index (χ0v) is 63.2. The van der Waals surface area contributed by atoms with Crippen LogP contribution in [0.1, 0.15) is 91.8 Å². The fourth-order valence-corrected chi connectivity index (χ4v) is 21.4. The van der Waals surface area contributed by atoms with Crippen LogP contribution in [0.25, 0.3) is 39.5 Å². The summed E-state index contributed by atoms with van der Waals surface area (Å²) in [6.45, 7) is 7.91. The molecule has 0 heterocycles. The number of alkyl halides is 2. The molecule has 12 heteroatoms. The molecular formula is C105H74F10N2. The van der Waals surface area contributed by atoms with Crippen LogP contribution in [0.3, 0.4) is 0 Å². The number of nitrogens with zero attached hydrogens (tertiary/aromatic N) is 2. The summed E-state index contributed by atoms with van der Waals surface area (Å²) < 4.78 is 167. The standard InChI is InChI=1S/C105H74F10N2/c1-3-61-31-35-63(36-32-61)59-103(91-93(106)97(110)101(114)98(111)94(91)107)83-27-15-11-23-75(83)79-51-47-71(55-87(79)103)116(69-43-39-67(40-44-69)65-19-7-5-8-20-65)73-49-53-81-77-25-13-17-29-85(77)105(89(81)57-73)86-30-18-14-26-78(86)82-54-50-74(58-90(82)105)117(70-45-41-68(42-46-70)66-21-9-6-10-22-66)72-48-52-80-76-24-12-16-28-84(76)104(88(80)56-72,60-64-37-33-62(4-2)34-38-64)92-95(108)99(112)102(115)100(113)96(92)109/h3-37,39-58,64,76,79,82,84,87,90,97,101H,1-2,38,59-60H2. The average Bonchev–Trinajstić information content (AvgIpc) is 1.51. The summed E-state index contributed by atoms with van der Waals surface area (Å²) in [5.74, 6) is -19.4. The number of rotatable bonds is 16. The third-order valence-electron chi connectivity index (χ3n) is 26.4. The molecule has 0 fully saturated rings. The fourth-order valence-electron chi connectivity index (χ4n) is 21.4. The highest BCUT2D eigenvalue weighted by Gasteiger charge is 2.62. The minimum atomic E-state index is -3.19. The second-order valence-electron chi connectivity index (χ2n) is 32.0. The minimum absolute atomic E-state index is 0.0239. The van der Waals surface area contributed by atoms with Gasteiger partial charge in [0.1, 0.15) is 5.83 Å². The van der Waals surface area contributed by atoms with E-state index >= 15 is 43.9 Å². The van der Waals surface area contributed by atoms with Crippen LogP contribution in [0.2, 0.25) is 0 Å². The number of benzene rings is 11. The van der Waals surface area contributed by atoms with Crippen molar-refractivity contribution in [2.75, 3.05) is 9.80 Å². The molecule has 0 amide bonds. The number of hydrogen-bond donors (Lipinski definition) is 0. The molecule has 1 spiro atoms. The zero-order chi connectivity index (χ0) is 79.9. The highest BCUT2D eigenvalue weighted by molar-refractivity contribution is 5.90. The Kier molecular flexibility index (Phi) is 17.7. The van der Waals surface area contributed by atoms with Crippen molar-refractivity contribution < 1.29 is 43.9 Å². The van der Waals surface area contributed by atoms with Gasteiger partial charge in [0.15, 0.2) is 47.3 Å². The van der Waals surface area contributed by atoms with E-state index in [-0.39, 0.29) is 18.8 Å². The van der Waals surface area contributed by atoms with Crippen molar-refractivity contribution in [3.63, 3.8) is 0 Å². The Bertz CT molecular complexity index is 6270. The van der Waals surface area contributed by atoms with Gasteiger partial charge in [0.2, 0.25) is 5.82 Å². The van der Waals surface area contributed by atoms with E-state index < -0.39 is 122 Å². The molecule has 0 aliphatic heterocycles. The van der Waals surface area contributed by atoms with Gasteiger partial charge in [0, 0.05) is 91.6 Å². The third-order valence-corrected chi connectivity index (χ3v) is 26.4. The minimum Gasteiger partial charge on any atom is -0.311 e. The van der Waals surface area contributed by atoms with Crippen LogP contribution in [-0.4, -0.2) is 12.3 Å². The van der Waals surface area contributed by atoms with Gasteiger partial charge in [0.25, 0.3) is 0 Å². The molecule has 0 radical (unpaired) electrons. The first-order chi connectivity index (χ1) is 57.0. The van der Waals surface area contributed by atoms with E-state index in [4.69, 9.17) is 0 Å². The maximum atomic E-state index is 17.6. The topological polar surface area (TPSA) is 6.48 Å². The second-order valence-corrected chi connectivity index (χ2v) is 32.0. The molecule has 117 heavy (non-hydrogen) atoms. The van der Waals surface area contributed by atoms with Crippen LogP contribution in [0.15, 0.2) is 381 Å². The van der Waals surface area contributed by atoms with E-state index in [1.165, 1.54) is 0 Å². The molecule has 574 valence electrons. The average molecular weight is 1550 g/mol. The Morgan fingerprint density at radius 1 is 0.393 bits per heavy atom. The van der Waals surface area contributed by atoms with Crippen molar-refractivity contribution >= 4 is 28.8 Å². The predicted octanol–water partition coefficient (Wildman–Crippen LogP) is 27.4. The van der Waals surface area contributed by atoms with E-state index in [1.54, 1.807) is 30.4 Å². The third kappa shape index (κ3) is 11.1. The van der Waals surface area contributed by atoms with Gasteiger partial charge in [-0.1, -0.05) is 286 Å². The van der Waals surface area contributed by atoms with Crippen LogP contribution in [0.5, 0.6) is 0 Å². The van der Waals surface area contributed by atoms with Crippen LogP contribution >= 0.6 is 0 Å². The second kappa shape index (κ2) is 28.3. The quantitative estimate of drug-likeness (QED) is 0.0540. The first-order valence-electron chi connectivity index (χ1n) is 39.7. The molecule has 11 aromatic rings. The van der Waals surface area contributed by atoms with Crippen LogP contribution < -0.4 is 9.80 Å². The number of anilines is 4. The van der Waals surface area contributed by atoms with Crippen molar-refractivity contribution in [1.29, 1.82) is 0 Å². The van der Waals surface area contributed by atoms with Gasteiger partial charge >= 0.3 is 0 Å². The lowest BCUT2D eigenvalue weighted by molar-refractivity contribution is 0.158. The molecule has 20 rings (SSSR count). The predicted molar refractivity (Wildman–Crippen MR) is 447 cm³/mol. The Balaban J connectivity index is 0.795. The Hall–Kier alpha value is -12.8. The summed E-state index contributed by atoms with van der Waals surface area (Å²) in [5, 5.41) is 0. The lowest BCUT2D eigenvalue weighted by atomic mass is 9.61. The van der Waals surface area contributed by atoms with Gasteiger partial charge in [-0.3, -0.25) is 0 Å². The molecule has 0 N–H and O–H groups in total. The first-order valence-corrected chi connectivity index (χ1v) is 39.7. The van der Waals surface area contributed by atoms with Gasteiger partial charge in [-0.15, -0.1) is 0 Å². The van der Waals surface area contributed by atoms with Crippen LogP contribution in [0.4, 0.5) is 66.7 Å². The number of fused-ring (bicyclic) bond motifs is 16. The van der Waals surface area contributed by atoms with E-state index in [0.717, 1.165) is 72.5 Å². The monoisotopic (exact) mass is 1550 g/mol. The molecule has 0 aromatic heterocycles. The summed E-state index contributed by atoms with van der Waals surface area (Å²) in [6.07, 6.45) is 23.3. The van der Waals surface area contributed by atoms with Gasteiger partial charge in [-0.2, -0.15) is 0 Å². The lowest BCUT2D eigenvalue weighted by Gasteiger charge is -2.42. The summed E-state index contributed by atoms with van der Waals surface area (Å²) in [4.78, 5) is 4.26. The highest BCUT2D eigenvalue weighted by atomic mass is 19.2. The molecule has 9 aliphatic carbocycles. The molecule has 12 atom stereocenters. The molecule has 2 nitrogen and oxygen atoms in total. The van der Waals surface area contributed by atoms with E-state index in [2.05, 4.69) is 114 Å². The SMILES string of the molecule is C=CC1=CCC(CC2(c3c(F)c(F)c(F)c(F)c3F)c3cc(N(C4=CC5C(C=C4)c4ccccc4C54c5ccccc5-c5ccc(N(C6=CC7C(C=C6)c6ccccc6C7(Cc6ccc(C=C)cc6)C6=C(F)C(F)C(F)C(F)=C6F)c6ccc(-c7ccccc7)cc6)cc54)c4ccc(-c5ccccc5)cc4)ccc3C3C=CC=CC32)C=C1. The van der Waals surface area contributed by atoms with Gasteiger partial charge in [-0.05, 0) is 180 Å². The van der Waals surface area contributed by atoms with Crippen molar-refractivity contribution in [3.05, 3.63) is 471 Å². The largest absolute Gasteiger partial charge is 0.311 e. The van der Waals surface area contributed by atoms with E-state index in [1.807, 2.05) is 212 Å². The molecule has 0 bridgehead atoms. The summed E-state index contributed by atoms with van der Waals surface area (Å²) in [5.41, 5.74) is 12.0. The summed E-state index contributed by atoms with van der Waals surface area (Å²) in [6, 6.07) is 80.2. The van der Waals surface area contributed by atoms with Crippen molar-refractivity contribution in [1.82, 2.24) is 0 Å². The normalized spacial score (nSPS) is 25.0. The van der Waals surface area contributed by atoms with Crippen LogP contribution in [-0.2, 0) is 22.7 Å². The van der Waals surface area contributed by atoms with Crippen molar-refractivity contribution in [3.8, 4) is 33.4 Å². The lowest BCUT2D eigenvalue weighted by Crippen LogP contribution is -2.42. The van der Waals surface area contributed by atoms with E-state index in [0.29, 0.717) is 62.7 Å². The van der Waals surface area contributed by atoms with Gasteiger partial charge in [0.05, 0.1) is 5.41 Å². The van der Waals surface area contributed by atoms with Crippen LogP contribution in [0, 0.1) is 52.8 Å². The maximum absolute atomic E-state index is 17.6. The van der Waals surface area contributed by atoms with E-state index in [9.17, 15) is 0 Å². The Morgan fingerprint density at radius 3 is 1.50 bits per heavy atom. The van der Waals surface area contributed by atoms with Gasteiger partial charge < -0.3 is 9.80 Å². The molecule has 11 aromatic carbocycles. The number of halogens is 10. The number of hydrogen-bond acceptors (Lipinski definition) is 2. The zero-order valence-electron chi connectivity index (χ0n) is 63.2. The van der Waals surface area contributed by atoms with Crippen molar-refractivity contribution in [2.45, 2.75) is 65.6 Å². The van der Waals surface area contributed by atoms with Gasteiger partial charge in [-0.25, -0.2) is 43.9 Å². The first kappa shape index (κ1) is 73.1. The Labute approximate surface area is 672 Å². The summed E-state index contributed by atoms with van der Waals surface area (Å²) >= 11 is 0. The molecular weight excluding hydrogens is 1480 g/mol. The van der Waals surface area contributed by atoms with Crippen molar-refractivity contribution in [2.24, 2.45) is 23.7 Å². The number of allylic oxidation sites excluding steroid dienone is 19. The Morgan fingerprint density at radius 2 is 0.889 bits per heavy atom. The molecule has 12 unspecified atom stereocenters. The smallest absolute Gasteiger partial charge is 0.200 e. The maximum Gasteiger partial charge on any atom is 0.200 e.